The van der Waals surface area contributed by atoms with Gasteiger partial charge in [-0.05, 0) is 83.3 Å². The molecule has 11 nitrogen and oxygen atoms in total. The van der Waals surface area contributed by atoms with Gasteiger partial charge in [0, 0.05) is 36.3 Å². The lowest BCUT2D eigenvalue weighted by atomic mass is 9.93. The highest BCUT2D eigenvalue weighted by molar-refractivity contribution is 9.10. The van der Waals surface area contributed by atoms with Crippen LogP contribution in [-0.4, -0.2) is 79.1 Å². The Morgan fingerprint density at radius 3 is 2.51 bits per heavy atom. The number of Topliss-reactive ketones (excluding diaryl/α,β-unsaturated/α-hetero) is 2. The van der Waals surface area contributed by atoms with E-state index in [0.29, 0.717) is 52.7 Å². The molecule has 0 spiro atoms. The summed E-state index contributed by atoms with van der Waals surface area (Å²) in [7, 11) is -3.32. The molecule has 4 heterocycles. The molecule has 6 rings (SSSR count). The van der Waals surface area contributed by atoms with Gasteiger partial charge < -0.3 is 4.90 Å². The Kier molecular flexibility index (Phi) is 9.51. The SMILES string of the molecule is C=CCCS(=O)(=O)CC[C@@]12C[C@@H](C(=O)Cc3nc(Br)ccc3C=C)N(C(=O)Cn3nc(C(C)=O)c4cc(-c5cnc(C)nc5)ccc43)[C@@H]1C2. The first-order chi connectivity index (χ1) is 23.3. The number of hydrogen-bond donors (Lipinski definition) is 0. The van der Waals surface area contributed by atoms with E-state index < -0.39 is 21.3 Å². The van der Waals surface area contributed by atoms with Gasteiger partial charge in [0.2, 0.25) is 5.91 Å². The minimum atomic E-state index is -3.32. The Morgan fingerprint density at radius 2 is 1.82 bits per heavy atom. The van der Waals surface area contributed by atoms with Crippen molar-refractivity contribution in [2.24, 2.45) is 5.41 Å². The van der Waals surface area contributed by atoms with Gasteiger partial charge >= 0.3 is 0 Å². The number of carbonyl (C=O) groups excluding carboxylic acids is 3. The maximum absolute atomic E-state index is 14.3. The third-order valence-electron chi connectivity index (χ3n) is 9.64. The molecule has 49 heavy (non-hydrogen) atoms. The van der Waals surface area contributed by atoms with E-state index in [1.54, 1.807) is 42.4 Å². The van der Waals surface area contributed by atoms with Crippen LogP contribution in [0.1, 0.15) is 60.2 Å². The largest absolute Gasteiger partial charge is 0.327 e. The van der Waals surface area contributed by atoms with Crippen LogP contribution in [0.15, 0.2) is 66.6 Å². The molecule has 0 radical (unpaired) electrons. The lowest BCUT2D eigenvalue weighted by Crippen LogP contribution is -2.45. The number of benzene rings is 1. The van der Waals surface area contributed by atoms with Gasteiger partial charge in [0.05, 0.1) is 35.2 Å². The van der Waals surface area contributed by atoms with Crippen LogP contribution in [0.3, 0.4) is 0 Å². The fraction of sp³-hybridized carbons (Fsp3) is 0.361. The van der Waals surface area contributed by atoms with Gasteiger partial charge in [-0.1, -0.05) is 30.9 Å². The number of fused-ring (bicyclic) bond motifs is 2. The minimum absolute atomic E-state index is 0.0135. The van der Waals surface area contributed by atoms with Crippen molar-refractivity contribution in [3.63, 3.8) is 0 Å². The number of hydrogen-bond acceptors (Lipinski definition) is 9. The number of pyridine rings is 1. The first-order valence-electron chi connectivity index (χ1n) is 16.1. The van der Waals surface area contributed by atoms with E-state index in [4.69, 9.17) is 0 Å². The lowest BCUT2D eigenvalue weighted by molar-refractivity contribution is -0.139. The quantitative estimate of drug-likeness (QED) is 0.0947. The van der Waals surface area contributed by atoms with Gasteiger partial charge in [-0.25, -0.2) is 23.4 Å². The van der Waals surface area contributed by atoms with Gasteiger partial charge in [-0.15, -0.1) is 6.58 Å². The van der Waals surface area contributed by atoms with Gasteiger partial charge in [0.15, 0.2) is 21.4 Å². The summed E-state index contributed by atoms with van der Waals surface area (Å²) in [6.07, 6.45) is 8.36. The third-order valence-corrected chi connectivity index (χ3v) is 11.8. The average molecular weight is 746 g/mol. The molecule has 2 aliphatic rings. The van der Waals surface area contributed by atoms with Crippen LogP contribution in [0, 0.1) is 12.3 Å². The number of ketones is 2. The molecule has 2 fully saturated rings. The Bertz CT molecular complexity index is 2110. The third kappa shape index (κ3) is 7.04. The number of allylic oxidation sites excluding steroid dienone is 1. The minimum Gasteiger partial charge on any atom is -0.327 e. The van der Waals surface area contributed by atoms with Crippen LogP contribution in [0.5, 0.6) is 0 Å². The number of carbonyl (C=O) groups is 3. The molecule has 1 saturated heterocycles. The second-order valence-corrected chi connectivity index (χ2v) is 16.0. The summed E-state index contributed by atoms with van der Waals surface area (Å²) in [4.78, 5) is 55.7. The van der Waals surface area contributed by atoms with Gasteiger partial charge in [-0.3, -0.25) is 19.1 Å². The molecular formula is C36H37BrN6O5S. The smallest absolute Gasteiger partial charge is 0.245 e. The summed E-state index contributed by atoms with van der Waals surface area (Å²) in [6.45, 7) is 10.5. The van der Waals surface area contributed by atoms with Crippen molar-refractivity contribution in [3.05, 3.63) is 89.3 Å². The average Bonchev–Trinajstić information content (AvgIpc) is 3.49. The van der Waals surface area contributed by atoms with Crippen LogP contribution in [0.2, 0.25) is 0 Å². The highest BCUT2D eigenvalue weighted by atomic mass is 79.9. The molecule has 3 aromatic heterocycles. The zero-order valence-corrected chi connectivity index (χ0v) is 29.8. The zero-order valence-electron chi connectivity index (χ0n) is 27.4. The number of sulfone groups is 1. The second kappa shape index (κ2) is 13.5. The molecule has 0 N–H and O–H groups in total. The van der Waals surface area contributed by atoms with E-state index in [0.717, 1.165) is 16.7 Å². The number of likely N-dealkylation sites (tertiary alicyclic amines) is 1. The number of aromatic nitrogens is 5. The fourth-order valence-electron chi connectivity index (χ4n) is 6.94. The summed E-state index contributed by atoms with van der Waals surface area (Å²) in [5.74, 6) is -0.107. The fourth-order valence-corrected chi connectivity index (χ4v) is 8.73. The van der Waals surface area contributed by atoms with Crippen molar-refractivity contribution >= 4 is 60.2 Å². The molecule has 0 unspecified atom stereocenters. The molecule has 3 atom stereocenters. The summed E-state index contributed by atoms with van der Waals surface area (Å²) in [6, 6.07) is 8.08. The lowest BCUT2D eigenvalue weighted by Gasteiger charge is -2.27. The molecule has 1 saturated carbocycles. The van der Waals surface area contributed by atoms with E-state index >= 15 is 0 Å². The summed E-state index contributed by atoms with van der Waals surface area (Å²) < 4.78 is 27.6. The number of piperidine rings is 1. The van der Waals surface area contributed by atoms with E-state index in [9.17, 15) is 22.8 Å². The molecule has 1 aromatic carbocycles. The van der Waals surface area contributed by atoms with Crippen molar-refractivity contribution in [2.45, 2.75) is 64.6 Å². The second-order valence-electron chi connectivity index (χ2n) is 12.9. The molecule has 1 amide bonds. The molecule has 0 bridgehead atoms. The number of aryl methyl sites for hydroxylation is 1. The maximum atomic E-state index is 14.3. The van der Waals surface area contributed by atoms with Crippen LogP contribution in [0.25, 0.3) is 28.1 Å². The van der Waals surface area contributed by atoms with Crippen molar-refractivity contribution in [1.29, 1.82) is 0 Å². The summed E-state index contributed by atoms with van der Waals surface area (Å²) in [5.41, 5.74) is 3.21. The molecule has 254 valence electrons. The number of rotatable bonds is 14. The number of amides is 1. The van der Waals surface area contributed by atoms with Crippen LogP contribution >= 0.6 is 15.9 Å². The van der Waals surface area contributed by atoms with E-state index in [1.807, 2.05) is 24.3 Å². The number of nitrogens with zero attached hydrogens (tertiary/aromatic N) is 6. The Morgan fingerprint density at radius 1 is 1.06 bits per heavy atom. The normalized spacial score (nSPS) is 19.9. The first kappa shape index (κ1) is 34.5. The van der Waals surface area contributed by atoms with Crippen LogP contribution < -0.4 is 0 Å². The topological polar surface area (TPSA) is 145 Å². The van der Waals surface area contributed by atoms with Crippen molar-refractivity contribution in [2.75, 3.05) is 11.5 Å². The van der Waals surface area contributed by atoms with E-state index in [-0.39, 0.29) is 53.7 Å². The van der Waals surface area contributed by atoms with Crippen LogP contribution in [-0.2, 0) is 32.4 Å². The van der Waals surface area contributed by atoms with Crippen molar-refractivity contribution in [3.8, 4) is 11.1 Å². The van der Waals surface area contributed by atoms with Gasteiger partial charge in [0.1, 0.15) is 22.7 Å². The zero-order chi connectivity index (χ0) is 35.1. The molecule has 1 aliphatic carbocycles. The maximum Gasteiger partial charge on any atom is 0.245 e. The summed E-state index contributed by atoms with van der Waals surface area (Å²) in [5, 5.41) is 5.16. The highest BCUT2D eigenvalue weighted by Gasteiger charge is 2.66. The van der Waals surface area contributed by atoms with Crippen LogP contribution in [0.4, 0.5) is 0 Å². The van der Waals surface area contributed by atoms with Gasteiger partial charge in [0.25, 0.3) is 0 Å². The molecule has 4 aromatic rings. The standard InChI is InChI=1S/C36H37BrN6O5S/c1-5-7-13-49(47,48)14-12-36-17-30(31(45)16-28-24(6-2)9-11-33(37)40-28)43(32(36)18-36)34(46)21-42-29-10-8-25(26-19-38-23(4)39-20-26)15-27(29)35(41-42)22(3)44/h5-6,8-11,15,19-20,30,32H,1-2,7,12-14,16-18,21H2,3-4H3/t30-,32+,36-/m0/s1. The Hall–Kier alpha value is -4.36. The summed E-state index contributed by atoms with van der Waals surface area (Å²) >= 11 is 3.38. The van der Waals surface area contributed by atoms with Gasteiger partial charge in [-0.2, -0.15) is 5.10 Å². The van der Waals surface area contributed by atoms with E-state index in [1.165, 1.54) is 11.6 Å². The first-order valence-corrected chi connectivity index (χ1v) is 18.7. The molecule has 13 heteroatoms. The highest BCUT2D eigenvalue weighted by Crippen LogP contribution is 2.62. The predicted octanol–water partition coefficient (Wildman–Crippen LogP) is 5.36. The molecular weight excluding hydrogens is 708 g/mol. The number of halogens is 1. The van der Waals surface area contributed by atoms with Crippen molar-refractivity contribution < 1.29 is 22.8 Å². The Labute approximate surface area is 293 Å². The van der Waals surface area contributed by atoms with E-state index in [2.05, 4.69) is 49.1 Å². The Balaban J connectivity index is 1.30. The van der Waals surface area contributed by atoms with Crippen molar-refractivity contribution in [1.82, 2.24) is 29.6 Å². The molecule has 1 aliphatic heterocycles. The monoisotopic (exact) mass is 744 g/mol. The predicted molar refractivity (Wildman–Crippen MR) is 190 cm³/mol.